The van der Waals surface area contributed by atoms with Gasteiger partial charge in [-0.3, -0.25) is 14.4 Å². The number of hydrogen-bond donors (Lipinski definition) is 1. The number of amides is 1. The molecule has 0 aliphatic carbocycles. The van der Waals surface area contributed by atoms with Crippen LogP contribution in [0.15, 0.2) is 22.9 Å². The minimum atomic E-state index is -0.0962. The Morgan fingerprint density at radius 1 is 1.50 bits per heavy atom. The molecule has 24 heavy (non-hydrogen) atoms. The van der Waals surface area contributed by atoms with Gasteiger partial charge in [-0.25, -0.2) is 0 Å². The van der Waals surface area contributed by atoms with Crippen LogP contribution in [0.2, 0.25) is 0 Å². The second kappa shape index (κ2) is 7.59. The Morgan fingerprint density at radius 3 is 3.12 bits per heavy atom. The number of carbonyl (C=O) groups excluding carboxylic acids is 1. The number of methoxy groups -OCH3 is 1. The summed E-state index contributed by atoms with van der Waals surface area (Å²) in [7, 11) is 1.52. The summed E-state index contributed by atoms with van der Waals surface area (Å²) in [6.07, 6.45) is 1.82. The fourth-order valence-corrected chi connectivity index (χ4v) is 3.03. The number of carbonyl (C=O) groups is 1. The highest BCUT2D eigenvalue weighted by molar-refractivity contribution is 5.77. The van der Waals surface area contributed by atoms with Crippen LogP contribution in [0.3, 0.4) is 0 Å². The van der Waals surface area contributed by atoms with Crippen molar-refractivity contribution in [2.75, 3.05) is 26.8 Å². The van der Waals surface area contributed by atoms with Crippen LogP contribution in [-0.4, -0.2) is 52.6 Å². The standard InChI is InChI=1S/C16H23N5O3/c1-12-5-14(19-24-12)9-20-7-13(6-17-16(22)11-23-2)8-21-15(10-20)3-4-18-21/h3-5,13H,6-11H2,1-2H3,(H,17,22)/t13-/m0/s1. The third-order valence-corrected chi connectivity index (χ3v) is 4.06. The Labute approximate surface area is 140 Å². The number of aryl methyl sites for hydroxylation is 1. The number of aromatic nitrogens is 3. The summed E-state index contributed by atoms with van der Waals surface area (Å²) in [6.45, 7) is 5.71. The van der Waals surface area contributed by atoms with Crippen molar-refractivity contribution in [3.63, 3.8) is 0 Å². The van der Waals surface area contributed by atoms with E-state index in [0.29, 0.717) is 13.1 Å². The van der Waals surface area contributed by atoms with Gasteiger partial charge in [-0.1, -0.05) is 5.16 Å². The third-order valence-electron chi connectivity index (χ3n) is 4.06. The Bertz CT molecular complexity index is 681. The first kappa shape index (κ1) is 16.7. The van der Waals surface area contributed by atoms with E-state index in [1.807, 2.05) is 29.9 Å². The average Bonchev–Trinajstić information content (AvgIpc) is 3.11. The molecule has 8 heteroatoms. The molecule has 130 valence electrons. The lowest BCUT2D eigenvalue weighted by molar-refractivity contribution is -0.124. The van der Waals surface area contributed by atoms with Crippen LogP contribution in [0.1, 0.15) is 17.1 Å². The van der Waals surface area contributed by atoms with E-state index < -0.39 is 0 Å². The zero-order valence-corrected chi connectivity index (χ0v) is 14.1. The van der Waals surface area contributed by atoms with E-state index in [9.17, 15) is 4.79 Å². The molecule has 0 bridgehead atoms. The number of fused-ring (bicyclic) bond motifs is 1. The van der Waals surface area contributed by atoms with Gasteiger partial charge in [0.2, 0.25) is 5.91 Å². The molecule has 1 amide bonds. The topological polar surface area (TPSA) is 85.4 Å². The van der Waals surface area contributed by atoms with E-state index in [0.717, 1.165) is 31.1 Å². The fraction of sp³-hybridized carbons (Fsp3) is 0.562. The maximum Gasteiger partial charge on any atom is 0.245 e. The monoisotopic (exact) mass is 333 g/mol. The maximum atomic E-state index is 11.6. The Kier molecular flexibility index (Phi) is 5.27. The Morgan fingerprint density at radius 2 is 2.38 bits per heavy atom. The number of nitrogens with zero attached hydrogens (tertiary/aromatic N) is 4. The number of rotatable bonds is 6. The molecular weight excluding hydrogens is 310 g/mol. The first-order valence-electron chi connectivity index (χ1n) is 8.05. The van der Waals surface area contributed by atoms with Gasteiger partial charge in [0, 0.05) is 58.0 Å². The van der Waals surface area contributed by atoms with Gasteiger partial charge in [-0.05, 0) is 13.0 Å². The first-order valence-corrected chi connectivity index (χ1v) is 8.05. The van der Waals surface area contributed by atoms with Crippen molar-refractivity contribution < 1.29 is 14.1 Å². The molecular formula is C16H23N5O3. The molecule has 0 spiro atoms. The molecule has 1 N–H and O–H groups in total. The van der Waals surface area contributed by atoms with Crippen molar-refractivity contribution in [1.82, 2.24) is 25.2 Å². The van der Waals surface area contributed by atoms with E-state index in [-0.39, 0.29) is 18.4 Å². The SMILES string of the molecule is COCC(=O)NC[C@H]1CN(Cc2cc(C)on2)Cc2ccnn2C1. The van der Waals surface area contributed by atoms with Gasteiger partial charge in [0.15, 0.2) is 0 Å². The van der Waals surface area contributed by atoms with Crippen molar-refractivity contribution in [2.24, 2.45) is 5.92 Å². The molecule has 3 heterocycles. The van der Waals surface area contributed by atoms with Gasteiger partial charge >= 0.3 is 0 Å². The summed E-state index contributed by atoms with van der Waals surface area (Å²) in [6, 6.07) is 3.99. The third kappa shape index (κ3) is 4.21. The summed E-state index contributed by atoms with van der Waals surface area (Å²) in [5.74, 6) is 0.981. The highest BCUT2D eigenvalue weighted by atomic mass is 16.5. The van der Waals surface area contributed by atoms with Crippen molar-refractivity contribution in [3.8, 4) is 0 Å². The summed E-state index contributed by atoms with van der Waals surface area (Å²) in [5.41, 5.74) is 2.09. The molecule has 3 rings (SSSR count). The first-order chi connectivity index (χ1) is 11.6. The van der Waals surface area contributed by atoms with Crippen LogP contribution in [-0.2, 0) is 29.2 Å². The molecule has 1 atom stereocenters. The predicted molar refractivity (Wildman–Crippen MR) is 86.0 cm³/mol. The van der Waals surface area contributed by atoms with Crippen LogP contribution in [0.5, 0.6) is 0 Å². The molecule has 0 saturated heterocycles. The summed E-state index contributed by atoms with van der Waals surface area (Å²) < 4.78 is 12.0. The molecule has 2 aromatic rings. The predicted octanol–water partition coefficient (Wildman–Crippen LogP) is 0.574. The quantitative estimate of drug-likeness (QED) is 0.832. The summed E-state index contributed by atoms with van der Waals surface area (Å²) >= 11 is 0. The zero-order valence-electron chi connectivity index (χ0n) is 14.1. The number of nitrogens with one attached hydrogen (secondary N) is 1. The molecule has 0 radical (unpaired) electrons. The van der Waals surface area contributed by atoms with Gasteiger partial charge < -0.3 is 14.6 Å². The van der Waals surface area contributed by atoms with E-state index in [2.05, 4.69) is 20.5 Å². The van der Waals surface area contributed by atoms with Crippen LogP contribution in [0, 0.1) is 12.8 Å². The van der Waals surface area contributed by atoms with Gasteiger partial charge in [-0.15, -0.1) is 0 Å². The van der Waals surface area contributed by atoms with E-state index in [1.165, 1.54) is 12.8 Å². The van der Waals surface area contributed by atoms with Crippen LogP contribution < -0.4 is 5.32 Å². The summed E-state index contributed by atoms with van der Waals surface area (Å²) in [4.78, 5) is 14.0. The normalized spacial score (nSPS) is 18.2. The lowest BCUT2D eigenvalue weighted by Gasteiger charge is -2.23. The van der Waals surface area contributed by atoms with Gasteiger partial charge in [-0.2, -0.15) is 5.10 Å². The lowest BCUT2D eigenvalue weighted by Crippen LogP contribution is -2.37. The molecule has 1 aliphatic rings. The lowest BCUT2D eigenvalue weighted by atomic mass is 10.1. The van der Waals surface area contributed by atoms with E-state index >= 15 is 0 Å². The van der Waals surface area contributed by atoms with Crippen molar-refractivity contribution in [3.05, 3.63) is 35.5 Å². The fourth-order valence-electron chi connectivity index (χ4n) is 3.03. The molecule has 0 fully saturated rings. The van der Waals surface area contributed by atoms with Crippen LogP contribution in [0.4, 0.5) is 0 Å². The van der Waals surface area contributed by atoms with Gasteiger partial charge in [0.25, 0.3) is 0 Å². The van der Waals surface area contributed by atoms with Gasteiger partial charge in [0.1, 0.15) is 12.4 Å². The highest BCUT2D eigenvalue weighted by Crippen LogP contribution is 2.18. The van der Waals surface area contributed by atoms with Crippen LogP contribution in [0.25, 0.3) is 0 Å². The smallest absolute Gasteiger partial charge is 0.245 e. The molecule has 0 saturated carbocycles. The molecule has 2 aromatic heterocycles. The molecule has 0 unspecified atom stereocenters. The van der Waals surface area contributed by atoms with Crippen molar-refractivity contribution in [1.29, 1.82) is 0 Å². The zero-order chi connectivity index (χ0) is 16.9. The van der Waals surface area contributed by atoms with E-state index in [4.69, 9.17) is 9.26 Å². The van der Waals surface area contributed by atoms with E-state index in [1.54, 1.807) is 0 Å². The second-order valence-electron chi connectivity index (χ2n) is 6.21. The number of ether oxygens (including phenoxy) is 1. The minimum absolute atomic E-state index is 0.0850. The summed E-state index contributed by atoms with van der Waals surface area (Å²) in [5, 5.41) is 11.4. The largest absolute Gasteiger partial charge is 0.375 e. The Hall–Kier alpha value is -2.19. The molecule has 1 aliphatic heterocycles. The second-order valence-corrected chi connectivity index (χ2v) is 6.21. The van der Waals surface area contributed by atoms with Crippen molar-refractivity contribution >= 4 is 5.91 Å². The Balaban J connectivity index is 1.67. The highest BCUT2D eigenvalue weighted by Gasteiger charge is 2.23. The minimum Gasteiger partial charge on any atom is -0.375 e. The number of hydrogen-bond acceptors (Lipinski definition) is 6. The van der Waals surface area contributed by atoms with Crippen molar-refractivity contribution in [2.45, 2.75) is 26.6 Å². The molecule has 0 aromatic carbocycles. The van der Waals surface area contributed by atoms with Crippen LogP contribution >= 0.6 is 0 Å². The maximum absolute atomic E-state index is 11.6. The molecule has 8 nitrogen and oxygen atoms in total. The van der Waals surface area contributed by atoms with Gasteiger partial charge in [0.05, 0.1) is 11.4 Å². The average molecular weight is 333 g/mol.